The zero-order chi connectivity index (χ0) is 9.97. The molecule has 0 amide bonds. The van der Waals surface area contributed by atoms with E-state index in [9.17, 15) is 4.39 Å². The van der Waals surface area contributed by atoms with E-state index in [2.05, 4.69) is 12.6 Å². The van der Waals surface area contributed by atoms with Crippen LogP contribution in [0.25, 0.3) is 11.1 Å². The lowest BCUT2D eigenvalue weighted by molar-refractivity contribution is 0.628. The molecule has 2 rings (SSSR count). The monoisotopic (exact) mass is 204 g/mol. The smallest absolute Gasteiger partial charge is 0.123 e. The van der Waals surface area contributed by atoms with Crippen molar-refractivity contribution in [3.05, 3.63) is 54.3 Å². The molecule has 0 aromatic heterocycles. The highest BCUT2D eigenvalue weighted by Gasteiger charge is 2.00. The van der Waals surface area contributed by atoms with Crippen molar-refractivity contribution in [2.45, 2.75) is 4.90 Å². The lowest BCUT2D eigenvalue weighted by Gasteiger charge is -2.04. The molecule has 0 aliphatic heterocycles. The van der Waals surface area contributed by atoms with Gasteiger partial charge in [0.25, 0.3) is 0 Å². The van der Waals surface area contributed by atoms with Gasteiger partial charge in [-0.15, -0.1) is 12.6 Å². The Morgan fingerprint density at radius 3 is 2.14 bits per heavy atom. The highest BCUT2D eigenvalue weighted by molar-refractivity contribution is 7.80. The van der Waals surface area contributed by atoms with Crippen LogP contribution in [-0.4, -0.2) is 0 Å². The third-order valence-electron chi connectivity index (χ3n) is 2.06. The maximum absolute atomic E-state index is 12.7. The van der Waals surface area contributed by atoms with E-state index in [1.54, 1.807) is 12.1 Å². The molecule has 0 atom stereocenters. The Bertz CT molecular complexity index is 434. The molecule has 0 unspecified atom stereocenters. The summed E-state index contributed by atoms with van der Waals surface area (Å²) in [4.78, 5) is 0.902. The summed E-state index contributed by atoms with van der Waals surface area (Å²) < 4.78 is 12.7. The number of halogens is 1. The van der Waals surface area contributed by atoms with Crippen molar-refractivity contribution in [2.75, 3.05) is 0 Å². The summed E-state index contributed by atoms with van der Waals surface area (Å²) in [6, 6.07) is 14.2. The Morgan fingerprint density at radius 2 is 1.50 bits per heavy atom. The van der Waals surface area contributed by atoms with Gasteiger partial charge >= 0.3 is 0 Å². The minimum Gasteiger partial charge on any atom is -0.207 e. The van der Waals surface area contributed by atoms with Gasteiger partial charge < -0.3 is 0 Å². The van der Waals surface area contributed by atoms with Gasteiger partial charge in [-0.3, -0.25) is 0 Å². The molecule has 0 bridgehead atoms. The number of hydrogen-bond acceptors (Lipinski definition) is 1. The Kier molecular flexibility index (Phi) is 2.55. The first kappa shape index (κ1) is 9.28. The fourth-order valence-corrected chi connectivity index (χ4v) is 1.64. The van der Waals surface area contributed by atoms with Gasteiger partial charge in [0.05, 0.1) is 0 Å². The van der Waals surface area contributed by atoms with Crippen molar-refractivity contribution in [2.24, 2.45) is 0 Å². The van der Waals surface area contributed by atoms with Crippen LogP contribution < -0.4 is 0 Å². The SMILES string of the molecule is Fc1ccc(-c2ccccc2S)cc1. The molecule has 0 N–H and O–H groups in total. The molecular weight excluding hydrogens is 195 g/mol. The largest absolute Gasteiger partial charge is 0.207 e. The predicted molar refractivity (Wildman–Crippen MR) is 59.1 cm³/mol. The quantitative estimate of drug-likeness (QED) is 0.671. The highest BCUT2D eigenvalue weighted by atomic mass is 32.1. The lowest BCUT2D eigenvalue weighted by Crippen LogP contribution is -1.80. The number of thiol groups is 1. The van der Waals surface area contributed by atoms with Gasteiger partial charge in [-0.25, -0.2) is 4.39 Å². The fourth-order valence-electron chi connectivity index (χ4n) is 1.35. The van der Waals surface area contributed by atoms with Crippen molar-refractivity contribution < 1.29 is 4.39 Å². The Labute approximate surface area is 87.8 Å². The second-order valence-electron chi connectivity index (χ2n) is 3.02. The second-order valence-corrected chi connectivity index (χ2v) is 3.51. The number of hydrogen-bond donors (Lipinski definition) is 1. The van der Waals surface area contributed by atoms with E-state index in [0.29, 0.717) is 0 Å². The lowest BCUT2D eigenvalue weighted by atomic mass is 10.1. The van der Waals surface area contributed by atoms with Gasteiger partial charge in [-0.05, 0) is 29.3 Å². The third kappa shape index (κ3) is 1.80. The molecule has 0 spiro atoms. The molecule has 0 aliphatic rings. The summed E-state index contributed by atoms with van der Waals surface area (Å²) in [7, 11) is 0. The van der Waals surface area contributed by atoms with Crippen LogP contribution in [0.15, 0.2) is 53.4 Å². The predicted octanol–water partition coefficient (Wildman–Crippen LogP) is 3.78. The minimum absolute atomic E-state index is 0.217. The van der Waals surface area contributed by atoms with Crippen LogP contribution in [0.3, 0.4) is 0 Å². The minimum atomic E-state index is -0.217. The molecule has 0 radical (unpaired) electrons. The molecule has 0 nitrogen and oxygen atoms in total. The van der Waals surface area contributed by atoms with Crippen LogP contribution in [-0.2, 0) is 0 Å². The summed E-state index contributed by atoms with van der Waals surface area (Å²) in [6.07, 6.45) is 0. The van der Waals surface area contributed by atoms with Gasteiger partial charge in [0.1, 0.15) is 5.82 Å². The van der Waals surface area contributed by atoms with E-state index < -0.39 is 0 Å². The van der Waals surface area contributed by atoms with E-state index in [0.717, 1.165) is 16.0 Å². The maximum atomic E-state index is 12.7. The molecular formula is C12H9FS. The Morgan fingerprint density at radius 1 is 0.857 bits per heavy atom. The maximum Gasteiger partial charge on any atom is 0.123 e. The van der Waals surface area contributed by atoms with Crippen LogP contribution in [0.4, 0.5) is 4.39 Å². The van der Waals surface area contributed by atoms with Crippen LogP contribution >= 0.6 is 12.6 Å². The van der Waals surface area contributed by atoms with Crippen LogP contribution in [0.1, 0.15) is 0 Å². The Balaban J connectivity index is 2.50. The molecule has 2 aromatic rings. The zero-order valence-electron chi connectivity index (χ0n) is 7.44. The van der Waals surface area contributed by atoms with Gasteiger partial charge in [0, 0.05) is 4.90 Å². The van der Waals surface area contributed by atoms with E-state index >= 15 is 0 Å². The van der Waals surface area contributed by atoms with Crippen LogP contribution in [0, 0.1) is 5.82 Å². The molecule has 0 saturated carbocycles. The zero-order valence-corrected chi connectivity index (χ0v) is 8.34. The fraction of sp³-hybridized carbons (Fsp3) is 0. The van der Waals surface area contributed by atoms with Gasteiger partial charge in [-0.1, -0.05) is 30.3 Å². The summed E-state index contributed by atoms with van der Waals surface area (Å²) >= 11 is 4.34. The molecule has 0 heterocycles. The molecule has 0 aliphatic carbocycles. The Hall–Kier alpha value is -1.28. The van der Waals surface area contributed by atoms with E-state index in [-0.39, 0.29) is 5.82 Å². The third-order valence-corrected chi connectivity index (χ3v) is 2.45. The average molecular weight is 204 g/mol. The van der Waals surface area contributed by atoms with E-state index in [4.69, 9.17) is 0 Å². The highest BCUT2D eigenvalue weighted by Crippen LogP contribution is 2.25. The van der Waals surface area contributed by atoms with Crippen molar-refractivity contribution in [1.82, 2.24) is 0 Å². The van der Waals surface area contributed by atoms with Gasteiger partial charge in [0.2, 0.25) is 0 Å². The van der Waals surface area contributed by atoms with Crippen LogP contribution in [0.5, 0.6) is 0 Å². The van der Waals surface area contributed by atoms with Crippen molar-refractivity contribution in [3.63, 3.8) is 0 Å². The summed E-state index contributed by atoms with van der Waals surface area (Å²) in [5.41, 5.74) is 2.01. The molecule has 2 aromatic carbocycles. The number of rotatable bonds is 1. The summed E-state index contributed by atoms with van der Waals surface area (Å²) in [6.45, 7) is 0. The standard InChI is InChI=1S/C12H9FS/c13-10-7-5-9(6-8-10)11-3-1-2-4-12(11)14/h1-8,14H. The van der Waals surface area contributed by atoms with Crippen molar-refractivity contribution >= 4 is 12.6 Å². The topological polar surface area (TPSA) is 0 Å². The summed E-state index contributed by atoms with van der Waals surface area (Å²) in [5, 5.41) is 0. The van der Waals surface area contributed by atoms with Crippen molar-refractivity contribution in [1.29, 1.82) is 0 Å². The molecule has 0 fully saturated rings. The molecule has 0 saturated heterocycles. The van der Waals surface area contributed by atoms with Crippen LogP contribution in [0.2, 0.25) is 0 Å². The van der Waals surface area contributed by atoms with E-state index in [1.807, 2.05) is 24.3 Å². The summed E-state index contributed by atoms with van der Waals surface area (Å²) in [5.74, 6) is -0.217. The van der Waals surface area contributed by atoms with Gasteiger partial charge in [0.15, 0.2) is 0 Å². The van der Waals surface area contributed by atoms with Crippen molar-refractivity contribution in [3.8, 4) is 11.1 Å². The molecule has 70 valence electrons. The molecule has 14 heavy (non-hydrogen) atoms. The first-order chi connectivity index (χ1) is 6.77. The first-order valence-corrected chi connectivity index (χ1v) is 4.76. The first-order valence-electron chi connectivity index (χ1n) is 4.31. The van der Waals surface area contributed by atoms with Gasteiger partial charge in [-0.2, -0.15) is 0 Å². The second kappa shape index (κ2) is 3.84. The normalized spacial score (nSPS) is 10.1. The number of benzene rings is 2. The molecule has 2 heteroatoms. The average Bonchev–Trinajstić information content (AvgIpc) is 2.20. The van der Waals surface area contributed by atoms with E-state index in [1.165, 1.54) is 12.1 Å².